The Morgan fingerprint density at radius 1 is 1.00 bits per heavy atom. The van der Waals surface area contributed by atoms with Gasteiger partial charge in [-0.25, -0.2) is 4.98 Å². The maximum absolute atomic E-state index is 12.7. The van der Waals surface area contributed by atoms with Crippen molar-refractivity contribution < 1.29 is 9.59 Å². The third-order valence-corrected chi connectivity index (χ3v) is 6.58. The van der Waals surface area contributed by atoms with E-state index in [-0.39, 0.29) is 11.8 Å². The number of nitrogens with zero attached hydrogens (tertiary/aromatic N) is 3. The van der Waals surface area contributed by atoms with Crippen molar-refractivity contribution in [1.29, 1.82) is 0 Å². The minimum atomic E-state index is -0.238. The predicted octanol–water partition coefficient (Wildman–Crippen LogP) is 4.11. The Labute approximate surface area is 198 Å². The van der Waals surface area contributed by atoms with Gasteiger partial charge in [-0.3, -0.25) is 9.59 Å². The molecule has 1 saturated heterocycles. The number of pyridine rings is 1. The number of anilines is 3. The van der Waals surface area contributed by atoms with Crippen molar-refractivity contribution >= 4 is 40.3 Å². The van der Waals surface area contributed by atoms with E-state index in [2.05, 4.69) is 38.5 Å². The molecule has 0 radical (unpaired) electrons. The van der Waals surface area contributed by atoms with E-state index in [1.54, 1.807) is 41.8 Å². The second-order valence-corrected chi connectivity index (χ2v) is 9.24. The molecule has 8 heteroatoms. The molecule has 0 saturated carbocycles. The van der Waals surface area contributed by atoms with Gasteiger partial charge in [0.2, 0.25) is 5.91 Å². The van der Waals surface area contributed by atoms with Crippen LogP contribution in [0.1, 0.15) is 28.1 Å². The monoisotopic (exact) mass is 463 g/mol. The van der Waals surface area contributed by atoms with E-state index in [9.17, 15) is 9.59 Å². The van der Waals surface area contributed by atoms with Gasteiger partial charge >= 0.3 is 0 Å². The number of hydrogen-bond acceptors (Lipinski definition) is 6. The lowest BCUT2D eigenvalue weighted by Crippen LogP contribution is -2.44. The Morgan fingerprint density at radius 3 is 2.58 bits per heavy atom. The zero-order valence-electron chi connectivity index (χ0n) is 18.8. The van der Waals surface area contributed by atoms with Gasteiger partial charge in [-0.15, -0.1) is 11.3 Å². The van der Waals surface area contributed by atoms with Gasteiger partial charge in [0.25, 0.3) is 5.91 Å². The number of hydrogen-bond donors (Lipinski definition) is 2. The van der Waals surface area contributed by atoms with Crippen molar-refractivity contribution in [1.82, 2.24) is 9.88 Å². The fraction of sp³-hybridized carbons (Fsp3) is 0.320. The maximum Gasteiger partial charge on any atom is 0.255 e. The Balaban J connectivity index is 1.28. The molecule has 3 heterocycles. The van der Waals surface area contributed by atoms with Gasteiger partial charge in [-0.2, -0.15) is 0 Å². The molecule has 1 fully saturated rings. The van der Waals surface area contributed by atoms with Gasteiger partial charge < -0.3 is 20.4 Å². The van der Waals surface area contributed by atoms with Crippen LogP contribution in [0.5, 0.6) is 0 Å². The number of likely N-dealkylation sites (N-methyl/N-ethyl adjacent to an activating group) is 1. The third kappa shape index (κ3) is 6.63. The van der Waals surface area contributed by atoms with E-state index in [1.807, 2.05) is 23.6 Å². The van der Waals surface area contributed by atoms with Gasteiger partial charge in [0.15, 0.2) is 0 Å². The van der Waals surface area contributed by atoms with Crippen LogP contribution >= 0.6 is 11.3 Å². The quantitative estimate of drug-likeness (QED) is 0.526. The van der Waals surface area contributed by atoms with Crippen molar-refractivity contribution in [2.24, 2.45) is 0 Å². The van der Waals surface area contributed by atoms with Crippen molar-refractivity contribution in [2.75, 3.05) is 48.8 Å². The molecule has 3 aromatic rings. The smallest absolute Gasteiger partial charge is 0.255 e. The first kappa shape index (κ1) is 22.9. The molecule has 33 heavy (non-hydrogen) atoms. The number of carbonyl (C=O) groups excluding carboxylic acids is 2. The van der Waals surface area contributed by atoms with Crippen LogP contribution < -0.4 is 15.5 Å². The van der Waals surface area contributed by atoms with Crippen molar-refractivity contribution in [3.05, 3.63) is 70.5 Å². The summed E-state index contributed by atoms with van der Waals surface area (Å²) in [7, 11) is 2.12. The molecule has 1 aromatic carbocycles. The lowest BCUT2D eigenvalue weighted by molar-refractivity contribution is -0.116. The summed E-state index contributed by atoms with van der Waals surface area (Å²) in [5.41, 5.74) is 1.74. The SMILES string of the molecule is CN1CCN(c2ccc(NC(=O)c3cccc(NC(=O)CCCc4cccs4)c3)cn2)CC1. The molecule has 172 valence electrons. The fourth-order valence-electron chi connectivity index (χ4n) is 3.73. The van der Waals surface area contributed by atoms with E-state index in [1.165, 1.54) is 4.88 Å². The summed E-state index contributed by atoms with van der Waals surface area (Å²) in [4.78, 5) is 35.3. The summed E-state index contributed by atoms with van der Waals surface area (Å²) in [6, 6.07) is 14.9. The summed E-state index contributed by atoms with van der Waals surface area (Å²) in [6.07, 6.45) is 3.82. The minimum Gasteiger partial charge on any atom is -0.354 e. The number of amides is 2. The number of benzene rings is 1. The highest BCUT2D eigenvalue weighted by Gasteiger charge is 2.15. The molecule has 0 aliphatic carbocycles. The second-order valence-electron chi connectivity index (χ2n) is 8.21. The highest BCUT2D eigenvalue weighted by atomic mass is 32.1. The van der Waals surface area contributed by atoms with E-state index in [0.29, 0.717) is 23.4 Å². The number of carbonyl (C=O) groups is 2. The zero-order chi connectivity index (χ0) is 23.0. The molecular formula is C25H29N5O2S. The van der Waals surface area contributed by atoms with E-state index in [0.717, 1.165) is 44.8 Å². The molecule has 7 nitrogen and oxygen atoms in total. The fourth-order valence-corrected chi connectivity index (χ4v) is 4.48. The summed E-state index contributed by atoms with van der Waals surface area (Å²) >= 11 is 1.71. The molecule has 0 spiro atoms. The largest absolute Gasteiger partial charge is 0.354 e. The molecule has 4 rings (SSSR count). The van der Waals surface area contributed by atoms with Crippen LogP contribution in [0.25, 0.3) is 0 Å². The predicted molar refractivity (Wildman–Crippen MR) is 134 cm³/mol. The molecule has 2 N–H and O–H groups in total. The standard InChI is InChI=1S/C25H29N5O2S/c1-29-12-14-30(15-13-29)23-11-10-21(18-26-23)28-25(32)19-5-2-6-20(17-19)27-24(31)9-3-7-22-8-4-16-33-22/h2,4-6,8,10-11,16-18H,3,7,9,12-15H2,1H3,(H,27,31)(H,28,32). The molecule has 1 aliphatic heterocycles. The number of thiophene rings is 1. The van der Waals surface area contributed by atoms with E-state index < -0.39 is 0 Å². The second kappa shape index (κ2) is 11.1. The van der Waals surface area contributed by atoms with E-state index >= 15 is 0 Å². The highest BCUT2D eigenvalue weighted by molar-refractivity contribution is 7.09. The van der Waals surface area contributed by atoms with Gasteiger partial charge in [0, 0.05) is 48.7 Å². The molecule has 0 unspecified atom stereocenters. The zero-order valence-corrected chi connectivity index (χ0v) is 19.6. The Bertz CT molecular complexity index is 1060. The minimum absolute atomic E-state index is 0.0483. The van der Waals surface area contributed by atoms with Crippen LogP contribution in [-0.4, -0.2) is 54.9 Å². The number of nitrogens with one attached hydrogen (secondary N) is 2. The van der Waals surface area contributed by atoms with Gasteiger partial charge in [-0.1, -0.05) is 12.1 Å². The first-order chi connectivity index (χ1) is 16.1. The number of piperazine rings is 1. The maximum atomic E-state index is 12.7. The summed E-state index contributed by atoms with van der Waals surface area (Å²) in [5.74, 6) is 0.635. The first-order valence-electron chi connectivity index (χ1n) is 11.2. The van der Waals surface area contributed by atoms with Crippen LogP contribution in [-0.2, 0) is 11.2 Å². The van der Waals surface area contributed by atoms with Crippen LogP contribution in [0.2, 0.25) is 0 Å². The normalized spacial score (nSPS) is 14.2. The third-order valence-electron chi connectivity index (χ3n) is 5.65. The van der Waals surface area contributed by atoms with Gasteiger partial charge in [-0.05, 0) is 61.7 Å². The molecule has 2 aromatic heterocycles. The highest BCUT2D eigenvalue weighted by Crippen LogP contribution is 2.18. The number of aryl methyl sites for hydroxylation is 1. The van der Waals surface area contributed by atoms with Gasteiger partial charge in [0.05, 0.1) is 11.9 Å². The van der Waals surface area contributed by atoms with Crippen molar-refractivity contribution in [2.45, 2.75) is 19.3 Å². The topological polar surface area (TPSA) is 77.6 Å². The Hall–Kier alpha value is -3.23. The molecule has 0 bridgehead atoms. The van der Waals surface area contributed by atoms with Crippen LogP contribution in [0.3, 0.4) is 0 Å². The summed E-state index contributed by atoms with van der Waals surface area (Å²) < 4.78 is 0. The lowest BCUT2D eigenvalue weighted by Gasteiger charge is -2.33. The molecule has 1 aliphatic rings. The van der Waals surface area contributed by atoms with Crippen LogP contribution in [0.15, 0.2) is 60.1 Å². The Morgan fingerprint density at radius 2 is 1.85 bits per heavy atom. The lowest BCUT2D eigenvalue weighted by atomic mass is 10.1. The number of rotatable bonds is 8. The average Bonchev–Trinajstić information content (AvgIpc) is 3.34. The molecular weight excluding hydrogens is 434 g/mol. The van der Waals surface area contributed by atoms with Crippen molar-refractivity contribution in [3.8, 4) is 0 Å². The number of aromatic nitrogens is 1. The van der Waals surface area contributed by atoms with Gasteiger partial charge in [0.1, 0.15) is 5.82 Å². The summed E-state index contributed by atoms with van der Waals surface area (Å²) in [5, 5.41) is 7.82. The first-order valence-corrected chi connectivity index (χ1v) is 12.1. The van der Waals surface area contributed by atoms with E-state index in [4.69, 9.17) is 0 Å². The summed E-state index contributed by atoms with van der Waals surface area (Å²) in [6.45, 7) is 3.92. The van der Waals surface area contributed by atoms with Crippen molar-refractivity contribution in [3.63, 3.8) is 0 Å². The van der Waals surface area contributed by atoms with Crippen LogP contribution in [0.4, 0.5) is 17.2 Å². The molecule has 0 atom stereocenters. The average molecular weight is 464 g/mol. The van der Waals surface area contributed by atoms with Crippen LogP contribution in [0, 0.1) is 0 Å². The molecule has 2 amide bonds. The Kier molecular flexibility index (Phi) is 7.70.